The zero-order valence-electron chi connectivity index (χ0n) is 10.7. The molecule has 106 valence electrons. The van der Waals surface area contributed by atoms with Crippen LogP contribution in [0.5, 0.6) is 0 Å². The topological polar surface area (TPSA) is 76.3 Å². The highest BCUT2D eigenvalue weighted by Gasteiger charge is 2.25. The van der Waals surface area contributed by atoms with E-state index in [4.69, 9.17) is 18.0 Å². The Morgan fingerprint density at radius 1 is 1.45 bits per heavy atom. The number of thiocarbonyl (C=S) groups is 1. The lowest BCUT2D eigenvalue weighted by Gasteiger charge is -2.17. The largest absolute Gasteiger partial charge is 0.388 e. The molecular formula is C12H13N3O2S3. The molecule has 2 heterocycles. The van der Waals surface area contributed by atoms with E-state index in [2.05, 4.69) is 4.98 Å². The van der Waals surface area contributed by atoms with Gasteiger partial charge in [-0.25, -0.2) is 8.42 Å². The molecule has 0 spiro atoms. The van der Waals surface area contributed by atoms with Crippen LogP contribution in [0.15, 0.2) is 40.7 Å². The van der Waals surface area contributed by atoms with Gasteiger partial charge in [-0.3, -0.25) is 4.98 Å². The summed E-state index contributed by atoms with van der Waals surface area (Å²) >= 11 is 6.36. The first-order chi connectivity index (χ1) is 9.43. The fraction of sp³-hybridized carbons (Fsp3) is 0.167. The highest BCUT2D eigenvalue weighted by Crippen LogP contribution is 2.20. The summed E-state index contributed by atoms with van der Waals surface area (Å²) in [6, 6.07) is 6.77. The van der Waals surface area contributed by atoms with Crippen LogP contribution < -0.4 is 5.73 Å². The third kappa shape index (κ3) is 3.04. The van der Waals surface area contributed by atoms with Crippen molar-refractivity contribution in [2.75, 3.05) is 7.05 Å². The van der Waals surface area contributed by atoms with Gasteiger partial charge in [0.05, 0.1) is 0 Å². The highest BCUT2D eigenvalue weighted by molar-refractivity contribution is 7.89. The molecule has 0 aliphatic heterocycles. The maximum Gasteiger partial charge on any atom is 0.245 e. The number of nitrogens with zero attached hydrogens (tertiary/aromatic N) is 2. The van der Waals surface area contributed by atoms with E-state index in [-0.39, 0.29) is 15.6 Å². The van der Waals surface area contributed by atoms with Crippen molar-refractivity contribution in [3.8, 4) is 0 Å². The fourth-order valence-corrected chi connectivity index (χ4v) is 4.03. The van der Waals surface area contributed by atoms with Gasteiger partial charge in [0.2, 0.25) is 10.0 Å². The second-order valence-electron chi connectivity index (χ2n) is 4.05. The van der Waals surface area contributed by atoms with E-state index >= 15 is 0 Å². The molecule has 0 radical (unpaired) electrons. The third-order valence-corrected chi connectivity index (χ3v) is 5.54. The van der Waals surface area contributed by atoms with Gasteiger partial charge in [0.1, 0.15) is 15.6 Å². The molecule has 2 aromatic heterocycles. The predicted octanol–water partition coefficient (Wildman–Crippen LogP) is 1.60. The summed E-state index contributed by atoms with van der Waals surface area (Å²) in [5, 5.41) is 1.90. The maximum atomic E-state index is 12.6. The zero-order valence-corrected chi connectivity index (χ0v) is 13.1. The van der Waals surface area contributed by atoms with Gasteiger partial charge in [-0.05, 0) is 23.6 Å². The molecule has 0 unspecified atom stereocenters. The summed E-state index contributed by atoms with van der Waals surface area (Å²) in [7, 11) is -2.16. The van der Waals surface area contributed by atoms with Crippen molar-refractivity contribution in [2.24, 2.45) is 5.73 Å². The third-order valence-electron chi connectivity index (χ3n) is 2.65. The van der Waals surface area contributed by atoms with E-state index in [1.54, 1.807) is 6.07 Å². The average Bonchev–Trinajstić information content (AvgIpc) is 2.91. The van der Waals surface area contributed by atoms with Gasteiger partial charge in [0, 0.05) is 24.7 Å². The predicted molar refractivity (Wildman–Crippen MR) is 83.1 cm³/mol. The summed E-state index contributed by atoms with van der Waals surface area (Å²) < 4.78 is 26.4. The number of sulfonamides is 1. The van der Waals surface area contributed by atoms with Crippen LogP contribution in [0.1, 0.15) is 10.6 Å². The van der Waals surface area contributed by atoms with Crippen LogP contribution >= 0.6 is 23.6 Å². The Balaban J connectivity index is 2.37. The molecular weight excluding hydrogens is 314 g/mol. The van der Waals surface area contributed by atoms with Gasteiger partial charge < -0.3 is 5.73 Å². The highest BCUT2D eigenvalue weighted by atomic mass is 32.2. The van der Waals surface area contributed by atoms with E-state index in [0.29, 0.717) is 6.54 Å². The second kappa shape index (κ2) is 5.96. The lowest BCUT2D eigenvalue weighted by Crippen LogP contribution is -2.29. The Bertz CT molecular complexity index is 711. The van der Waals surface area contributed by atoms with E-state index in [1.807, 2.05) is 17.5 Å². The van der Waals surface area contributed by atoms with Crippen LogP contribution in [0.25, 0.3) is 0 Å². The van der Waals surface area contributed by atoms with Crippen LogP contribution in [0.4, 0.5) is 0 Å². The van der Waals surface area contributed by atoms with Crippen molar-refractivity contribution >= 4 is 38.6 Å². The molecule has 0 aromatic carbocycles. The molecule has 0 amide bonds. The van der Waals surface area contributed by atoms with Crippen molar-refractivity contribution < 1.29 is 8.42 Å². The van der Waals surface area contributed by atoms with Gasteiger partial charge in [0.15, 0.2) is 0 Å². The molecule has 0 atom stereocenters. The quantitative estimate of drug-likeness (QED) is 0.844. The summed E-state index contributed by atoms with van der Waals surface area (Å²) in [6.45, 7) is 0.297. The Hall–Kier alpha value is -1.35. The van der Waals surface area contributed by atoms with Gasteiger partial charge >= 0.3 is 0 Å². The molecule has 2 aromatic rings. The van der Waals surface area contributed by atoms with E-state index in [1.165, 1.54) is 35.0 Å². The summed E-state index contributed by atoms with van der Waals surface area (Å²) in [5.74, 6) is 0. The number of thiophene rings is 1. The minimum Gasteiger partial charge on any atom is -0.388 e. The van der Waals surface area contributed by atoms with E-state index < -0.39 is 10.0 Å². The molecule has 2 rings (SSSR count). The molecule has 0 aliphatic carbocycles. The number of rotatable bonds is 5. The normalized spacial score (nSPS) is 11.7. The number of aromatic nitrogens is 1. The van der Waals surface area contributed by atoms with Crippen LogP contribution in [0, 0.1) is 0 Å². The average molecular weight is 327 g/mol. The minimum atomic E-state index is -3.68. The van der Waals surface area contributed by atoms with Gasteiger partial charge in [-0.15, -0.1) is 11.3 Å². The molecule has 0 saturated heterocycles. The standard InChI is InChI=1S/C12H13N3O2S3/c1-15(8-9-4-3-7-19-9)20(16,17)10-5-2-6-14-11(10)12(13)18/h2-7H,8H2,1H3,(H2,13,18). The second-order valence-corrected chi connectivity index (χ2v) is 7.54. The lowest BCUT2D eigenvalue weighted by molar-refractivity contribution is 0.469. The van der Waals surface area contributed by atoms with Crippen molar-refractivity contribution in [1.82, 2.24) is 9.29 Å². The number of hydrogen-bond acceptors (Lipinski definition) is 5. The Morgan fingerprint density at radius 2 is 2.20 bits per heavy atom. The van der Waals surface area contributed by atoms with Crippen LogP contribution in [0.3, 0.4) is 0 Å². The lowest BCUT2D eigenvalue weighted by atomic mass is 10.3. The van der Waals surface area contributed by atoms with Crippen LogP contribution in [0.2, 0.25) is 0 Å². The molecule has 2 N–H and O–H groups in total. The SMILES string of the molecule is CN(Cc1cccs1)S(=O)(=O)c1cccnc1C(N)=S. The molecule has 8 heteroatoms. The number of nitrogens with two attached hydrogens (primary N) is 1. The summed E-state index contributed by atoms with van der Waals surface area (Å²) in [5.41, 5.74) is 5.66. The Morgan fingerprint density at radius 3 is 2.80 bits per heavy atom. The molecule has 5 nitrogen and oxygen atoms in total. The maximum absolute atomic E-state index is 12.6. The number of pyridine rings is 1. The smallest absolute Gasteiger partial charge is 0.245 e. The number of hydrogen-bond donors (Lipinski definition) is 1. The summed E-state index contributed by atoms with van der Waals surface area (Å²) in [6.07, 6.45) is 1.47. The van der Waals surface area contributed by atoms with Gasteiger partial charge in [0.25, 0.3) is 0 Å². The van der Waals surface area contributed by atoms with E-state index in [9.17, 15) is 8.42 Å². The van der Waals surface area contributed by atoms with Crippen molar-refractivity contribution in [2.45, 2.75) is 11.4 Å². The Labute approximate surface area is 127 Å². The monoisotopic (exact) mass is 327 g/mol. The van der Waals surface area contributed by atoms with Crippen molar-refractivity contribution in [3.05, 3.63) is 46.4 Å². The molecule has 0 saturated carbocycles. The van der Waals surface area contributed by atoms with Gasteiger partial charge in [-0.2, -0.15) is 4.31 Å². The first-order valence-electron chi connectivity index (χ1n) is 5.66. The zero-order chi connectivity index (χ0) is 14.8. The van der Waals surface area contributed by atoms with E-state index in [0.717, 1.165) is 4.88 Å². The molecule has 20 heavy (non-hydrogen) atoms. The first kappa shape index (κ1) is 15.0. The minimum absolute atomic E-state index is 0.0336. The fourth-order valence-electron chi connectivity index (χ4n) is 1.66. The van der Waals surface area contributed by atoms with Crippen molar-refractivity contribution in [1.29, 1.82) is 0 Å². The molecule has 0 fully saturated rings. The van der Waals surface area contributed by atoms with Crippen LogP contribution in [-0.4, -0.2) is 29.7 Å². The van der Waals surface area contributed by atoms with Crippen LogP contribution in [-0.2, 0) is 16.6 Å². The molecule has 0 aliphatic rings. The van der Waals surface area contributed by atoms with Gasteiger partial charge in [-0.1, -0.05) is 18.3 Å². The first-order valence-corrected chi connectivity index (χ1v) is 8.39. The molecule has 0 bridgehead atoms. The van der Waals surface area contributed by atoms with Crippen molar-refractivity contribution in [3.63, 3.8) is 0 Å². The Kier molecular flexibility index (Phi) is 4.48. The summed E-state index contributed by atoms with van der Waals surface area (Å²) in [4.78, 5) is 4.91.